The summed E-state index contributed by atoms with van der Waals surface area (Å²) in [6, 6.07) is 10.0. The van der Waals surface area contributed by atoms with Gasteiger partial charge in [-0.2, -0.15) is 0 Å². The smallest absolute Gasteiger partial charge is 0.329 e. The molecule has 0 saturated carbocycles. The Labute approximate surface area is 180 Å². The third-order valence-corrected chi connectivity index (χ3v) is 4.62. The summed E-state index contributed by atoms with van der Waals surface area (Å²) < 4.78 is 15.5. The molecule has 0 aliphatic rings. The Balaban J connectivity index is 2.04. The third-order valence-electron chi connectivity index (χ3n) is 4.36. The van der Waals surface area contributed by atoms with Crippen LogP contribution >= 0.6 is 11.6 Å². The normalized spacial score (nSPS) is 11.5. The topological polar surface area (TPSA) is 90.9 Å². The minimum Gasteiger partial charge on any atom is -0.493 e. The molecule has 0 unspecified atom stereocenters. The van der Waals surface area contributed by atoms with E-state index in [9.17, 15) is 14.4 Å². The van der Waals surface area contributed by atoms with Crippen molar-refractivity contribution in [2.75, 3.05) is 20.8 Å². The molecule has 1 amide bonds. The lowest BCUT2D eigenvalue weighted by atomic mass is 10.0. The van der Waals surface area contributed by atoms with E-state index in [-0.39, 0.29) is 11.7 Å². The van der Waals surface area contributed by atoms with Gasteiger partial charge in [-0.1, -0.05) is 25.4 Å². The lowest BCUT2D eigenvalue weighted by molar-refractivity contribution is -0.145. The molecule has 2 aromatic carbocycles. The number of Topliss-reactive ketones (excluding diaryl/α,β-unsaturated/α-hetero) is 1. The van der Waals surface area contributed by atoms with Crippen molar-refractivity contribution in [3.63, 3.8) is 0 Å². The number of hydrogen-bond donors (Lipinski definition) is 1. The average molecular weight is 434 g/mol. The van der Waals surface area contributed by atoms with Crippen LogP contribution in [0.2, 0.25) is 5.02 Å². The molecule has 0 aromatic heterocycles. The first-order valence-corrected chi connectivity index (χ1v) is 9.63. The molecule has 160 valence electrons. The molecule has 8 heteroatoms. The highest BCUT2D eigenvalue weighted by molar-refractivity contribution is 6.30. The van der Waals surface area contributed by atoms with E-state index in [1.165, 1.54) is 20.3 Å². The molecule has 0 radical (unpaired) electrons. The summed E-state index contributed by atoms with van der Waals surface area (Å²) in [7, 11) is 2.96. The van der Waals surface area contributed by atoms with E-state index in [1.54, 1.807) is 50.2 Å². The number of amides is 1. The first-order chi connectivity index (χ1) is 14.3. The molecule has 30 heavy (non-hydrogen) atoms. The molecule has 0 bridgehead atoms. The summed E-state index contributed by atoms with van der Waals surface area (Å²) in [5, 5.41) is 3.15. The van der Waals surface area contributed by atoms with Crippen molar-refractivity contribution >= 4 is 29.3 Å². The zero-order valence-electron chi connectivity index (χ0n) is 17.2. The molecule has 0 heterocycles. The van der Waals surface area contributed by atoms with Crippen LogP contribution in [0.4, 0.5) is 0 Å². The molecule has 0 saturated heterocycles. The van der Waals surface area contributed by atoms with E-state index in [1.807, 2.05) is 0 Å². The van der Waals surface area contributed by atoms with Crippen molar-refractivity contribution in [3.05, 3.63) is 58.6 Å². The van der Waals surface area contributed by atoms with Gasteiger partial charge in [-0.15, -0.1) is 0 Å². The van der Waals surface area contributed by atoms with Crippen LogP contribution in [0.5, 0.6) is 11.5 Å². The maximum Gasteiger partial charge on any atom is 0.329 e. The van der Waals surface area contributed by atoms with Crippen molar-refractivity contribution in [2.24, 2.45) is 5.92 Å². The standard InChI is InChI=1S/C22H24ClNO6/c1-13(2)20(22(27)30-12-17(25)14-5-8-16(23)9-6-14)24-21(26)15-7-10-18(28-3)19(11-15)29-4/h5-11,13,20H,12H2,1-4H3,(H,24,26)/t20-/m0/s1. The van der Waals surface area contributed by atoms with E-state index in [4.69, 9.17) is 25.8 Å². The number of carbonyl (C=O) groups excluding carboxylic acids is 3. The van der Waals surface area contributed by atoms with E-state index in [2.05, 4.69) is 5.32 Å². The first-order valence-electron chi connectivity index (χ1n) is 9.25. The Morgan fingerprint density at radius 3 is 2.10 bits per heavy atom. The number of nitrogens with one attached hydrogen (secondary N) is 1. The lowest BCUT2D eigenvalue weighted by Crippen LogP contribution is -2.45. The molecule has 2 aromatic rings. The average Bonchev–Trinajstić information content (AvgIpc) is 2.75. The van der Waals surface area contributed by atoms with Crippen LogP contribution in [0.3, 0.4) is 0 Å². The fourth-order valence-corrected chi connectivity index (χ4v) is 2.77. The Kier molecular flexibility index (Phi) is 8.24. The molecule has 0 aliphatic heterocycles. The Hall–Kier alpha value is -3.06. The van der Waals surface area contributed by atoms with Crippen molar-refractivity contribution in [1.29, 1.82) is 0 Å². The van der Waals surface area contributed by atoms with Gasteiger partial charge in [0.25, 0.3) is 5.91 Å². The highest BCUT2D eigenvalue weighted by atomic mass is 35.5. The number of rotatable bonds is 9. The summed E-state index contributed by atoms with van der Waals surface area (Å²) in [5.74, 6) is -0.922. The number of halogens is 1. The predicted octanol–water partition coefficient (Wildman–Crippen LogP) is 3.54. The second-order valence-electron chi connectivity index (χ2n) is 6.80. The van der Waals surface area contributed by atoms with Gasteiger partial charge in [-0.05, 0) is 48.4 Å². The molecule has 0 spiro atoms. The number of ketones is 1. The fraction of sp³-hybridized carbons (Fsp3) is 0.318. The van der Waals surface area contributed by atoms with Gasteiger partial charge in [0.1, 0.15) is 6.04 Å². The Morgan fingerprint density at radius 1 is 0.933 bits per heavy atom. The van der Waals surface area contributed by atoms with E-state index < -0.39 is 24.5 Å². The highest BCUT2D eigenvalue weighted by Gasteiger charge is 2.27. The zero-order valence-corrected chi connectivity index (χ0v) is 18.0. The Bertz CT molecular complexity index is 910. The fourth-order valence-electron chi connectivity index (χ4n) is 2.65. The summed E-state index contributed by atoms with van der Waals surface area (Å²) in [4.78, 5) is 37.3. The van der Waals surface area contributed by atoms with Gasteiger partial charge < -0.3 is 19.5 Å². The molecule has 1 N–H and O–H groups in total. The van der Waals surface area contributed by atoms with Gasteiger partial charge in [0.05, 0.1) is 14.2 Å². The van der Waals surface area contributed by atoms with Crippen LogP contribution in [-0.2, 0) is 9.53 Å². The van der Waals surface area contributed by atoms with Crippen molar-refractivity contribution in [1.82, 2.24) is 5.32 Å². The number of carbonyl (C=O) groups is 3. The van der Waals surface area contributed by atoms with Gasteiger partial charge in [0.15, 0.2) is 23.9 Å². The van der Waals surface area contributed by atoms with Gasteiger partial charge in [0, 0.05) is 16.1 Å². The minimum absolute atomic E-state index is 0.257. The molecular weight excluding hydrogens is 410 g/mol. The SMILES string of the molecule is COc1ccc(C(=O)N[C@H](C(=O)OCC(=O)c2ccc(Cl)cc2)C(C)C)cc1OC. The third kappa shape index (κ3) is 5.97. The number of methoxy groups -OCH3 is 2. The predicted molar refractivity (Wildman–Crippen MR) is 112 cm³/mol. The summed E-state index contributed by atoms with van der Waals surface area (Å²) >= 11 is 5.80. The lowest BCUT2D eigenvalue weighted by Gasteiger charge is -2.21. The molecule has 2 rings (SSSR count). The van der Waals surface area contributed by atoms with Crippen molar-refractivity contribution in [3.8, 4) is 11.5 Å². The molecule has 7 nitrogen and oxygen atoms in total. The second-order valence-corrected chi connectivity index (χ2v) is 7.24. The number of esters is 1. The van der Waals surface area contributed by atoms with Crippen LogP contribution in [0.1, 0.15) is 34.6 Å². The van der Waals surface area contributed by atoms with Crippen LogP contribution in [0.25, 0.3) is 0 Å². The van der Waals surface area contributed by atoms with Gasteiger partial charge in [-0.3, -0.25) is 9.59 Å². The van der Waals surface area contributed by atoms with Crippen LogP contribution in [0, 0.1) is 5.92 Å². The minimum atomic E-state index is -0.927. The molecule has 0 aliphatic carbocycles. The summed E-state index contributed by atoms with van der Waals surface area (Å²) in [6.07, 6.45) is 0. The molecule has 0 fully saturated rings. The number of benzene rings is 2. The van der Waals surface area contributed by atoms with Crippen LogP contribution < -0.4 is 14.8 Å². The van der Waals surface area contributed by atoms with Crippen LogP contribution in [0.15, 0.2) is 42.5 Å². The van der Waals surface area contributed by atoms with E-state index in [0.29, 0.717) is 27.6 Å². The van der Waals surface area contributed by atoms with E-state index >= 15 is 0 Å². The van der Waals surface area contributed by atoms with Gasteiger partial charge in [-0.25, -0.2) is 4.79 Å². The monoisotopic (exact) mass is 433 g/mol. The van der Waals surface area contributed by atoms with Crippen molar-refractivity contribution < 1.29 is 28.6 Å². The first kappa shape index (κ1) is 23.2. The number of hydrogen-bond acceptors (Lipinski definition) is 6. The Morgan fingerprint density at radius 2 is 1.53 bits per heavy atom. The summed E-state index contributed by atoms with van der Waals surface area (Å²) in [5.41, 5.74) is 0.672. The molecular formula is C22H24ClNO6. The zero-order chi connectivity index (χ0) is 22.3. The van der Waals surface area contributed by atoms with Gasteiger partial charge in [0.2, 0.25) is 0 Å². The van der Waals surface area contributed by atoms with E-state index in [0.717, 1.165) is 0 Å². The molecule has 1 atom stereocenters. The van der Waals surface area contributed by atoms with Crippen LogP contribution in [-0.4, -0.2) is 44.5 Å². The maximum absolute atomic E-state index is 12.6. The van der Waals surface area contributed by atoms with Gasteiger partial charge >= 0.3 is 5.97 Å². The summed E-state index contributed by atoms with van der Waals surface area (Å²) in [6.45, 7) is 3.10. The quantitative estimate of drug-likeness (QED) is 0.480. The van der Waals surface area contributed by atoms with Crippen molar-refractivity contribution in [2.45, 2.75) is 19.9 Å². The largest absolute Gasteiger partial charge is 0.493 e. The number of ether oxygens (including phenoxy) is 3. The maximum atomic E-state index is 12.6. The second kappa shape index (κ2) is 10.6. The highest BCUT2D eigenvalue weighted by Crippen LogP contribution is 2.27.